The van der Waals surface area contributed by atoms with E-state index in [9.17, 15) is 0 Å². The summed E-state index contributed by atoms with van der Waals surface area (Å²) in [6.45, 7) is 2.45. The van der Waals surface area contributed by atoms with Crippen LogP contribution in [0.15, 0.2) is 30.3 Å². The molecule has 0 aliphatic carbocycles. The second kappa shape index (κ2) is 7.72. The zero-order valence-corrected chi connectivity index (χ0v) is 12.5. The summed E-state index contributed by atoms with van der Waals surface area (Å²) in [6.07, 6.45) is 0. The van der Waals surface area contributed by atoms with Gasteiger partial charge in [-0.25, -0.2) is 0 Å². The highest BCUT2D eigenvalue weighted by Gasteiger charge is 2.18. The summed E-state index contributed by atoms with van der Waals surface area (Å²) in [5.41, 5.74) is 0.979. The molecule has 1 saturated heterocycles. The summed E-state index contributed by atoms with van der Waals surface area (Å²) in [7, 11) is 0.788. The van der Waals surface area contributed by atoms with E-state index >= 15 is 0 Å². The maximum absolute atomic E-state index is 5.47. The first-order chi connectivity index (χ1) is 9.25. The van der Waals surface area contributed by atoms with Crippen LogP contribution in [0.3, 0.4) is 0 Å². The standard InChI is InChI=1S/C12H17N2O3PS/c1-14(7-8-15-18-16-9-10-17-18)12(19)13-11-5-3-2-4-6-11/h2-6H,7-10H2,1H3,(H,13,19). The van der Waals surface area contributed by atoms with Crippen molar-refractivity contribution in [1.82, 2.24) is 4.90 Å². The van der Waals surface area contributed by atoms with E-state index < -0.39 is 8.60 Å². The topological polar surface area (TPSA) is 43.0 Å². The fourth-order valence-corrected chi connectivity index (χ4v) is 2.54. The Kier molecular flexibility index (Phi) is 5.94. The molecule has 1 heterocycles. The van der Waals surface area contributed by atoms with Gasteiger partial charge in [0.05, 0.1) is 19.8 Å². The molecule has 1 fully saturated rings. The fraction of sp³-hybridized carbons (Fsp3) is 0.417. The van der Waals surface area contributed by atoms with Crippen molar-refractivity contribution in [1.29, 1.82) is 0 Å². The Morgan fingerprint density at radius 2 is 2.05 bits per heavy atom. The van der Waals surface area contributed by atoms with Gasteiger partial charge in [0.2, 0.25) is 0 Å². The molecule has 7 heteroatoms. The van der Waals surface area contributed by atoms with E-state index in [0.29, 0.717) is 31.5 Å². The summed E-state index contributed by atoms with van der Waals surface area (Å²) in [6, 6.07) is 9.84. The smallest absolute Gasteiger partial charge is 0.332 e. The molecule has 0 aromatic heterocycles. The number of rotatable bonds is 5. The molecule has 0 amide bonds. The lowest BCUT2D eigenvalue weighted by Gasteiger charge is -2.21. The fourth-order valence-electron chi connectivity index (χ4n) is 1.43. The molecule has 0 bridgehead atoms. The Morgan fingerprint density at radius 1 is 1.37 bits per heavy atom. The Labute approximate surface area is 119 Å². The molecular weight excluding hydrogens is 283 g/mol. The number of para-hydroxylation sites is 1. The van der Waals surface area contributed by atoms with E-state index in [1.807, 2.05) is 42.3 Å². The quantitative estimate of drug-likeness (QED) is 0.666. The van der Waals surface area contributed by atoms with Gasteiger partial charge < -0.3 is 23.8 Å². The van der Waals surface area contributed by atoms with Crippen LogP contribution in [-0.4, -0.2) is 43.4 Å². The minimum atomic E-state index is -1.13. The lowest BCUT2D eigenvalue weighted by molar-refractivity contribution is 0.232. The van der Waals surface area contributed by atoms with E-state index in [4.69, 9.17) is 25.8 Å². The molecular formula is C12H17N2O3PS. The van der Waals surface area contributed by atoms with Crippen LogP contribution in [0.5, 0.6) is 0 Å². The lowest BCUT2D eigenvalue weighted by Crippen LogP contribution is -2.33. The Bertz CT molecular complexity index is 401. The van der Waals surface area contributed by atoms with Crippen LogP contribution in [0.2, 0.25) is 0 Å². The van der Waals surface area contributed by atoms with Crippen molar-refractivity contribution >= 4 is 31.6 Å². The van der Waals surface area contributed by atoms with Crippen molar-refractivity contribution in [2.45, 2.75) is 0 Å². The van der Waals surface area contributed by atoms with Crippen molar-refractivity contribution in [2.24, 2.45) is 0 Å². The highest BCUT2D eigenvalue weighted by Crippen LogP contribution is 2.43. The number of hydrogen-bond acceptors (Lipinski definition) is 4. The molecule has 1 aromatic carbocycles. The number of nitrogens with one attached hydrogen (secondary N) is 1. The second-order valence-electron chi connectivity index (χ2n) is 3.94. The summed E-state index contributed by atoms with van der Waals surface area (Å²) in [5.74, 6) is 0. The number of thiocarbonyl (C=S) groups is 1. The molecule has 1 N–H and O–H groups in total. The monoisotopic (exact) mass is 300 g/mol. The first-order valence-electron chi connectivity index (χ1n) is 6.02. The highest BCUT2D eigenvalue weighted by atomic mass is 32.1. The Hall–Kier alpha value is -0.780. The van der Waals surface area contributed by atoms with Crippen LogP contribution in [0, 0.1) is 0 Å². The normalized spacial score (nSPS) is 15.4. The van der Waals surface area contributed by atoms with Gasteiger partial charge in [0.1, 0.15) is 0 Å². The van der Waals surface area contributed by atoms with Crippen LogP contribution >= 0.6 is 20.8 Å². The van der Waals surface area contributed by atoms with E-state index in [-0.39, 0.29) is 0 Å². The number of nitrogens with zero attached hydrogens (tertiary/aromatic N) is 1. The van der Waals surface area contributed by atoms with Crippen molar-refractivity contribution in [2.75, 3.05) is 38.7 Å². The first-order valence-corrected chi connectivity index (χ1v) is 7.52. The van der Waals surface area contributed by atoms with E-state index in [1.54, 1.807) is 0 Å². The molecule has 19 heavy (non-hydrogen) atoms. The summed E-state index contributed by atoms with van der Waals surface area (Å²) >= 11 is 5.31. The molecule has 1 aliphatic rings. The SMILES string of the molecule is CN(CCOP1OCCO1)C(=S)Nc1ccccc1. The molecule has 0 atom stereocenters. The van der Waals surface area contributed by atoms with Gasteiger partial charge >= 0.3 is 8.60 Å². The van der Waals surface area contributed by atoms with Gasteiger partial charge in [-0.1, -0.05) is 18.2 Å². The first kappa shape index (κ1) is 14.6. The van der Waals surface area contributed by atoms with Crippen LogP contribution in [0.4, 0.5) is 5.69 Å². The minimum absolute atomic E-state index is 0.527. The molecule has 0 spiro atoms. The molecule has 1 aromatic rings. The third-order valence-corrected chi connectivity index (χ3v) is 4.07. The van der Waals surface area contributed by atoms with Gasteiger partial charge in [0.15, 0.2) is 5.11 Å². The average Bonchev–Trinajstić information content (AvgIpc) is 2.93. The Morgan fingerprint density at radius 3 is 2.74 bits per heavy atom. The maximum Gasteiger partial charge on any atom is 0.332 e. The van der Waals surface area contributed by atoms with E-state index in [2.05, 4.69) is 5.32 Å². The van der Waals surface area contributed by atoms with Crippen molar-refractivity contribution in [3.63, 3.8) is 0 Å². The molecule has 0 radical (unpaired) electrons. The van der Waals surface area contributed by atoms with E-state index in [1.165, 1.54) is 0 Å². The number of benzene rings is 1. The van der Waals surface area contributed by atoms with Gasteiger partial charge in [-0.3, -0.25) is 0 Å². The largest absolute Gasteiger partial charge is 0.350 e. The summed E-state index contributed by atoms with van der Waals surface area (Å²) in [5, 5.41) is 3.83. The molecule has 0 unspecified atom stereocenters. The van der Waals surface area contributed by atoms with Gasteiger partial charge in [0, 0.05) is 19.3 Å². The third kappa shape index (κ3) is 5.01. The van der Waals surface area contributed by atoms with Crippen LogP contribution in [-0.2, 0) is 13.6 Å². The predicted molar refractivity (Wildman–Crippen MR) is 80.1 cm³/mol. The van der Waals surface area contributed by atoms with Gasteiger partial charge in [0.25, 0.3) is 0 Å². The maximum atomic E-state index is 5.47. The summed E-state index contributed by atoms with van der Waals surface area (Å²) < 4.78 is 16.0. The zero-order chi connectivity index (χ0) is 13.5. The number of hydrogen-bond donors (Lipinski definition) is 1. The predicted octanol–water partition coefficient (Wildman–Crippen LogP) is 2.61. The lowest BCUT2D eigenvalue weighted by atomic mass is 10.3. The zero-order valence-electron chi connectivity index (χ0n) is 10.7. The number of likely N-dealkylation sites (N-methyl/N-ethyl adjacent to an activating group) is 1. The molecule has 0 saturated carbocycles. The second-order valence-corrected chi connectivity index (χ2v) is 5.55. The van der Waals surface area contributed by atoms with E-state index in [0.717, 1.165) is 5.69 Å². The average molecular weight is 300 g/mol. The highest BCUT2D eigenvalue weighted by molar-refractivity contribution is 7.80. The van der Waals surface area contributed by atoms with Crippen molar-refractivity contribution in [3.05, 3.63) is 30.3 Å². The van der Waals surface area contributed by atoms with Crippen LogP contribution < -0.4 is 5.32 Å². The summed E-state index contributed by atoms with van der Waals surface area (Å²) in [4.78, 5) is 1.92. The van der Waals surface area contributed by atoms with Crippen LogP contribution in [0.25, 0.3) is 0 Å². The molecule has 5 nitrogen and oxygen atoms in total. The molecule has 104 valence electrons. The molecule has 2 rings (SSSR count). The van der Waals surface area contributed by atoms with Crippen molar-refractivity contribution < 1.29 is 13.6 Å². The van der Waals surface area contributed by atoms with Gasteiger partial charge in [-0.2, -0.15) is 0 Å². The third-order valence-electron chi connectivity index (χ3n) is 2.47. The Balaban J connectivity index is 1.67. The van der Waals surface area contributed by atoms with Gasteiger partial charge in [-0.15, -0.1) is 0 Å². The minimum Gasteiger partial charge on any atom is -0.350 e. The van der Waals surface area contributed by atoms with Crippen LogP contribution in [0.1, 0.15) is 0 Å². The van der Waals surface area contributed by atoms with Crippen molar-refractivity contribution in [3.8, 4) is 0 Å². The molecule has 1 aliphatic heterocycles. The number of anilines is 1. The van der Waals surface area contributed by atoms with Gasteiger partial charge in [-0.05, 0) is 24.4 Å².